The smallest absolute Gasteiger partial charge is 0.0107 e. The van der Waals surface area contributed by atoms with E-state index in [0.717, 1.165) is 5.92 Å². The molecule has 1 aliphatic carbocycles. The molecule has 2 nitrogen and oxygen atoms in total. The van der Waals surface area contributed by atoms with E-state index in [1.54, 1.807) is 0 Å². The molecule has 78 valence electrons. The number of rotatable bonds is 3. The van der Waals surface area contributed by atoms with Crippen LogP contribution in [0, 0.1) is 5.92 Å². The van der Waals surface area contributed by atoms with Crippen LogP contribution in [0.3, 0.4) is 0 Å². The third-order valence-corrected chi connectivity index (χ3v) is 3.10. The van der Waals surface area contributed by atoms with Gasteiger partial charge in [0.1, 0.15) is 0 Å². The molecule has 0 spiro atoms. The topological polar surface area (TPSA) is 15.3 Å². The monoisotopic (exact) mass is 192 g/mol. The fourth-order valence-electron chi connectivity index (χ4n) is 2.13. The van der Waals surface area contributed by atoms with E-state index in [9.17, 15) is 0 Å². The van der Waals surface area contributed by atoms with Gasteiger partial charge < -0.3 is 10.2 Å². The van der Waals surface area contributed by atoms with E-state index >= 15 is 0 Å². The SMILES string of the molecule is C1=CCC(CCN2CCNCC2)C=C1. The molecule has 1 fully saturated rings. The first kappa shape index (κ1) is 9.94. The Balaban J connectivity index is 1.66. The molecule has 2 rings (SSSR count). The van der Waals surface area contributed by atoms with Crippen molar-refractivity contribution in [2.45, 2.75) is 12.8 Å². The second kappa shape index (κ2) is 5.32. The first-order valence-corrected chi connectivity index (χ1v) is 5.71. The van der Waals surface area contributed by atoms with Crippen molar-refractivity contribution in [3.63, 3.8) is 0 Å². The minimum atomic E-state index is 0.787. The van der Waals surface area contributed by atoms with Gasteiger partial charge in [-0.25, -0.2) is 0 Å². The second-order valence-electron chi connectivity index (χ2n) is 4.19. The summed E-state index contributed by atoms with van der Waals surface area (Å²) >= 11 is 0. The quantitative estimate of drug-likeness (QED) is 0.727. The molecular weight excluding hydrogens is 172 g/mol. The number of hydrogen-bond acceptors (Lipinski definition) is 2. The van der Waals surface area contributed by atoms with Crippen molar-refractivity contribution >= 4 is 0 Å². The van der Waals surface area contributed by atoms with Gasteiger partial charge in [0.05, 0.1) is 0 Å². The van der Waals surface area contributed by atoms with Crippen molar-refractivity contribution in [3.8, 4) is 0 Å². The van der Waals surface area contributed by atoms with Gasteiger partial charge in [0.2, 0.25) is 0 Å². The maximum Gasteiger partial charge on any atom is 0.0107 e. The molecule has 14 heavy (non-hydrogen) atoms. The molecule has 1 N–H and O–H groups in total. The van der Waals surface area contributed by atoms with Crippen LogP contribution in [-0.4, -0.2) is 37.6 Å². The van der Waals surface area contributed by atoms with E-state index < -0.39 is 0 Å². The van der Waals surface area contributed by atoms with Crippen LogP contribution in [0.25, 0.3) is 0 Å². The van der Waals surface area contributed by atoms with E-state index in [1.165, 1.54) is 45.6 Å². The summed E-state index contributed by atoms with van der Waals surface area (Å²) in [6.45, 7) is 6.06. The van der Waals surface area contributed by atoms with E-state index in [2.05, 4.69) is 34.5 Å². The highest BCUT2D eigenvalue weighted by Crippen LogP contribution is 2.15. The highest BCUT2D eigenvalue weighted by atomic mass is 15.2. The summed E-state index contributed by atoms with van der Waals surface area (Å²) in [4.78, 5) is 2.57. The van der Waals surface area contributed by atoms with Gasteiger partial charge in [0.25, 0.3) is 0 Å². The van der Waals surface area contributed by atoms with Crippen LogP contribution in [0.5, 0.6) is 0 Å². The van der Waals surface area contributed by atoms with Crippen molar-refractivity contribution in [2.24, 2.45) is 5.92 Å². The normalized spacial score (nSPS) is 28.1. The van der Waals surface area contributed by atoms with Crippen LogP contribution in [0.15, 0.2) is 24.3 Å². The predicted molar refractivity (Wildman–Crippen MR) is 60.3 cm³/mol. The number of allylic oxidation sites excluding steroid dienone is 4. The molecule has 1 saturated heterocycles. The molecule has 1 atom stereocenters. The number of nitrogens with zero attached hydrogens (tertiary/aromatic N) is 1. The summed E-state index contributed by atoms with van der Waals surface area (Å²) in [5.41, 5.74) is 0. The summed E-state index contributed by atoms with van der Waals surface area (Å²) in [5.74, 6) is 0.787. The van der Waals surface area contributed by atoms with Gasteiger partial charge in [0.15, 0.2) is 0 Å². The Kier molecular flexibility index (Phi) is 3.78. The third kappa shape index (κ3) is 2.96. The van der Waals surface area contributed by atoms with Gasteiger partial charge in [-0.2, -0.15) is 0 Å². The lowest BCUT2D eigenvalue weighted by Crippen LogP contribution is -2.44. The molecule has 2 heteroatoms. The maximum atomic E-state index is 3.39. The van der Waals surface area contributed by atoms with E-state index in [-0.39, 0.29) is 0 Å². The number of nitrogens with one attached hydrogen (secondary N) is 1. The van der Waals surface area contributed by atoms with Crippen LogP contribution < -0.4 is 5.32 Å². The summed E-state index contributed by atoms with van der Waals surface area (Å²) in [6, 6.07) is 0. The molecule has 0 aromatic carbocycles. The molecule has 0 bridgehead atoms. The first-order chi connectivity index (χ1) is 6.95. The van der Waals surface area contributed by atoms with Gasteiger partial charge in [-0.05, 0) is 25.3 Å². The Hall–Kier alpha value is -0.600. The Morgan fingerprint density at radius 1 is 1.21 bits per heavy atom. The molecule has 1 unspecified atom stereocenters. The Morgan fingerprint density at radius 2 is 2.07 bits per heavy atom. The van der Waals surface area contributed by atoms with Gasteiger partial charge in [-0.15, -0.1) is 0 Å². The van der Waals surface area contributed by atoms with Crippen LogP contribution >= 0.6 is 0 Å². The van der Waals surface area contributed by atoms with Crippen LogP contribution in [-0.2, 0) is 0 Å². The molecule has 0 radical (unpaired) electrons. The molecular formula is C12H20N2. The largest absolute Gasteiger partial charge is 0.314 e. The summed E-state index contributed by atoms with van der Waals surface area (Å²) in [7, 11) is 0. The van der Waals surface area contributed by atoms with Crippen molar-refractivity contribution in [3.05, 3.63) is 24.3 Å². The molecule has 2 aliphatic rings. The Labute approximate surface area is 86.7 Å². The average molecular weight is 192 g/mol. The van der Waals surface area contributed by atoms with E-state index in [0.29, 0.717) is 0 Å². The van der Waals surface area contributed by atoms with Crippen molar-refractivity contribution in [1.82, 2.24) is 10.2 Å². The summed E-state index contributed by atoms with van der Waals surface area (Å²) in [6.07, 6.45) is 11.5. The fraction of sp³-hybridized carbons (Fsp3) is 0.667. The number of hydrogen-bond donors (Lipinski definition) is 1. The lowest BCUT2D eigenvalue weighted by atomic mass is 9.97. The summed E-state index contributed by atoms with van der Waals surface area (Å²) < 4.78 is 0. The van der Waals surface area contributed by atoms with Gasteiger partial charge in [0, 0.05) is 26.2 Å². The third-order valence-electron chi connectivity index (χ3n) is 3.10. The molecule has 0 saturated carbocycles. The number of piperazine rings is 1. The van der Waals surface area contributed by atoms with Gasteiger partial charge in [-0.1, -0.05) is 24.3 Å². The first-order valence-electron chi connectivity index (χ1n) is 5.71. The molecule has 1 aliphatic heterocycles. The van der Waals surface area contributed by atoms with Crippen molar-refractivity contribution < 1.29 is 0 Å². The highest BCUT2D eigenvalue weighted by molar-refractivity contribution is 5.10. The standard InChI is InChI=1S/C12H20N2/c1-2-4-12(5-3-1)6-9-14-10-7-13-8-11-14/h1-4,12-13H,5-11H2. The van der Waals surface area contributed by atoms with Crippen molar-refractivity contribution in [1.29, 1.82) is 0 Å². The molecule has 0 aromatic rings. The Bertz CT molecular complexity index is 214. The zero-order valence-corrected chi connectivity index (χ0v) is 8.78. The fourth-order valence-corrected chi connectivity index (χ4v) is 2.13. The zero-order chi connectivity index (χ0) is 9.64. The lowest BCUT2D eigenvalue weighted by Gasteiger charge is -2.28. The highest BCUT2D eigenvalue weighted by Gasteiger charge is 2.11. The minimum absolute atomic E-state index is 0.787. The minimum Gasteiger partial charge on any atom is -0.314 e. The van der Waals surface area contributed by atoms with Gasteiger partial charge >= 0.3 is 0 Å². The van der Waals surface area contributed by atoms with E-state index in [1.807, 2.05) is 0 Å². The molecule has 1 heterocycles. The Morgan fingerprint density at radius 3 is 2.79 bits per heavy atom. The average Bonchev–Trinajstić information content (AvgIpc) is 2.29. The molecule has 0 aromatic heterocycles. The molecule has 0 amide bonds. The van der Waals surface area contributed by atoms with E-state index in [4.69, 9.17) is 0 Å². The van der Waals surface area contributed by atoms with Crippen LogP contribution in [0.2, 0.25) is 0 Å². The lowest BCUT2D eigenvalue weighted by molar-refractivity contribution is 0.230. The predicted octanol–water partition coefficient (Wildman–Crippen LogP) is 1.41. The van der Waals surface area contributed by atoms with Gasteiger partial charge in [-0.3, -0.25) is 0 Å². The van der Waals surface area contributed by atoms with Crippen molar-refractivity contribution in [2.75, 3.05) is 32.7 Å². The summed E-state index contributed by atoms with van der Waals surface area (Å²) in [5, 5.41) is 3.39. The van der Waals surface area contributed by atoms with Crippen LogP contribution in [0.1, 0.15) is 12.8 Å². The maximum absolute atomic E-state index is 3.39. The van der Waals surface area contributed by atoms with Crippen LogP contribution in [0.4, 0.5) is 0 Å². The second-order valence-corrected chi connectivity index (χ2v) is 4.19. The zero-order valence-electron chi connectivity index (χ0n) is 8.78.